The van der Waals surface area contributed by atoms with Gasteiger partial charge in [0.25, 0.3) is 5.56 Å². The van der Waals surface area contributed by atoms with Crippen molar-refractivity contribution in [1.29, 1.82) is 0 Å². The highest BCUT2D eigenvalue weighted by Crippen LogP contribution is 2.11. The average molecular weight is 267 g/mol. The Morgan fingerprint density at radius 3 is 2.55 bits per heavy atom. The SMILES string of the molecule is Cc1cc2oc(=O)ccc2c(=O)n1Cc1ccccc1. The van der Waals surface area contributed by atoms with E-state index in [1.165, 1.54) is 12.1 Å². The Hall–Kier alpha value is -2.62. The monoisotopic (exact) mass is 267 g/mol. The van der Waals surface area contributed by atoms with Gasteiger partial charge in [-0.15, -0.1) is 0 Å². The molecule has 4 heteroatoms. The summed E-state index contributed by atoms with van der Waals surface area (Å²) in [6.45, 7) is 2.33. The van der Waals surface area contributed by atoms with Crippen LogP contribution in [0, 0.1) is 6.92 Å². The van der Waals surface area contributed by atoms with Crippen LogP contribution in [0.3, 0.4) is 0 Å². The highest BCUT2D eigenvalue weighted by Gasteiger charge is 2.09. The van der Waals surface area contributed by atoms with Crippen molar-refractivity contribution in [2.45, 2.75) is 13.5 Å². The summed E-state index contributed by atoms with van der Waals surface area (Å²) >= 11 is 0. The van der Waals surface area contributed by atoms with Gasteiger partial charge in [-0.05, 0) is 18.6 Å². The molecule has 0 saturated heterocycles. The van der Waals surface area contributed by atoms with E-state index in [-0.39, 0.29) is 5.56 Å². The highest BCUT2D eigenvalue weighted by atomic mass is 16.4. The van der Waals surface area contributed by atoms with Crippen LogP contribution in [-0.2, 0) is 6.54 Å². The molecule has 3 rings (SSSR count). The lowest BCUT2D eigenvalue weighted by molar-refractivity contribution is 0.557. The third kappa shape index (κ3) is 2.16. The molecule has 0 unspecified atom stereocenters. The fourth-order valence-electron chi connectivity index (χ4n) is 2.25. The third-order valence-corrected chi connectivity index (χ3v) is 3.29. The maximum absolute atomic E-state index is 12.5. The fraction of sp³-hybridized carbons (Fsp3) is 0.125. The molecule has 0 fully saturated rings. The lowest BCUT2D eigenvalue weighted by Gasteiger charge is -2.11. The third-order valence-electron chi connectivity index (χ3n) is 3.29. The Labute approximate surface area is 114 Å². The van der Waals surface area contributed by atoms with Gasteiger partial charge in [-0.3, -0.25) is 4.79 Å². The van der Waals surface area contributed by atoms with Gasteiger partial charge in [0.1, 0.15) is 5.58 Å². The standard InChI is InChI=1S/C16H13NO3/c1-11-9-14-13(7-8-15(18)20-14)16(19)17(11)10-12-5-3-2-4-6-12/h2-9H,10H2,1H3. The Bertz CT molecular complexity index is 876. The van der Waals surface area contributed by atoms with E-state index in [9.17, 15) is 9.59 Å². The molecule has 0 saturated carbocycles. The topological polar surface area (TPSA) is 52.2 Å². The minimum absolute atomic E-state index is 0.146. The number of aromatic nitrogens is 1. The van der Waals surface area contributed by atoms with Crippen LogP contribution in [-0.4, -0.2) is 4.57 Å². The maximum atomic E-state index is 12.5. The van der Waals surface area contributed by atoms with Crippen molar-refractivity contribution in [1.82, 2.24) is 4.57 Å². The van der Waals surface area contributed by atoms with Crippen LogP contribution in [0.2, 0.25) is 0 Å². The zero-order valence-electron chi connectivity index (χ0n) is 11.0. The minimum atomic E-state index is -0.447. The van der Waals surface area contributed by atoms with E-state index >= 15 is 0 Å². The maximum Gasteiger partial charge on any atom is 0.336 e. The van der Waals surface area contributed by atoms with E-state index in [0.29, 0.717) is 17.5 Å². The molecule has 0 aliphatic rings. The first-order valence-corrected chi connectivity index (χ1v) is 6.33. The largest absolute Gasteiger partial charge is 0.422 e. The van der Waals surface area contributed by atoms with Crippen LogP contribution in [0.4, 0.5) is 0 Å². The molecule has 0 aliphatic carbocycles. The Balaban J connectivity index is 2.19. The summed E-state index contributed by atoms with van der Waals surface area (Å²) in [6, 6.07) is 14.3. The number of benzene rings is 1. The summed E-state index contributed by atoms with van der Waals surface area (Å²) in [4.78, 5) is 23.7. The second-order valence-corrected chi connectivity index (χ2v) is 4.69. The van der Waals surface area contributed by atoms with E-state index < -0.39 is 5.63 Å². The van der Waals surface area contributed by atoms with Gasteiger partial charge in [0.2, 0.25) is 0 Å². The number of hydrogen-bond acceptors (Lipinski definition) is 3. The van der Waals surface area contributed by atoms with Gasteiger partial charge in [-0.1, -0.05) is 30.3 Å². The molecular formula is C16H13NO3. The number of hydrogen-bond donors (Lipinski definition) is 0. The molecule has 0 radical (unpaired) electrons. The first-order valence-electron chi connectivity index (χ1n) is 6.33. The summed E-state index contributed by atoms with van der Waals surface area (Å²) < 4.78 is 6.74. The van der Waals surface area contributed by atoms with Gasteiger partial charge >= 0.3 is 5.63 Å². The number of aryl methyl sites for hydroxylation is 1. The van der Waals surface area contributed by atoms with E-state index in [2.05, 4.69) is 0 Å². The molecule has 0 amide bonds. The molecule has 0 atom stereocenters. The van der Waals surface area contributed by atoms with Crippen LogP contribution in [0.5, 0.6) is 0 Å². The molecule has 2 heterocycles. The Morgan fingerprint density at radius 1 is 1.05 bits per heavy atom. The molecule has 4 nitrogen and oxygen atoms in total. The first-order chi connectivity index (χ1) is 9.65. The van der Waals surface area contributed by atoms with Crippen molar-refractivity contribution < 1.29 is 4.42 Å². The zero-order valence-corrected chi connectivity index (χ0v) is 11.0. The summed E-state index contributed by atoms with van der Waals surface area (Å²) in [7, 11) is 0. The van der Waals surface area contributed by atoms with Gasteiger partial charge < -0.3 is 8.98 Å². The van der Waals surface area contributed by atoms with Crippen LogP contribution in [0.1, 0.15) is 11.3 Å². The van der Waals surface area contributed by atoms with Gasteiger partial charge in [-0.25, -0.2) is 4.79 Å². The zero-order chi connectivity index (χ0) is 14.1. The molecule has 0 spiro atoms. The number of pyridine rings is 1. The molecular weight excluding hydrogens is 254 g/mol. The van der Waals surface area contributed by atoms with Gasteiger partial charge in [0.05, 0.1) is 11.9 Å². The Kier molecular flexibility index (Phi) is 2.99. The van der Waals surface area contributed by atoms with Crippen molar-refractivity contribution in [3.05, 3.63) is 80.6 Å². The summed E-state index contributed by atoms with van der Waals surface area (Å²) in [6.07, 6.45) is 0. The van der Waals surface area contributed by atoms with Gasteiger partial charge in [0, 0.05) is 17.8 Å². The van der Waals surface area contributed by atoms with Crippen molar-refractivity contribution in [3.8, 4) is 0 Å². The van der Waals surface area contributed by atoms with Crippen molar-refractivity contribution in [3.63, 3.8) is 0 Å². The van der Waals surface area contributed by atoms with Crippen LogP contribution in [0.25, 0.3) is 11.0 Å². The fourth-order valence-corrected chi connectivity index (χ4v) is 2.25. The number of rotatable bonds is 2. The molecule has 0 N–H and O–H groups in total. The van der Waals surface area contributed by atoms with Crippen molar-refractivity contribution >= 4 is 11.0 Å². The van der Waals surface area contributed by atoms with Crippen LogP contribution < -0.4 is 11.2 Å². The molecule has 20 heavy (non-hydrogen) atoms. The van der Waals surface area contributed by atoms with Crippen molar-refractivity contribution in [2.75, 3.05) is 0 Å². The Morgan fingerprint density at radius 2 is 1.80 bits per heavy atom. The van der Waals surface area contributed by atoms with E-state index in [1.54, 1.807) is 10.6 Å². The van der Waals surface area contributed by atoms with Crippen LogP contribution in [0.15, 0.2) is 62.5 Å². The van der Waals surface area contributed by atoms with Crippen molar-refractivity contribution in [2.24, 2.45) is 0 Å². The van der Waals surface area contributed by atoms with E-state index in [0.717, 1.165) is 11.3 Å². The second kappa shape index (κ2) is 4.81. The van der Waals surface area contributed by atoms with Gasteiger partial charge in [-0.2, -0.15) is 0 Å². The highest BCUT2D eigenvalue weighted by molar-refractivity contribution is 5.75. The molecule has 3 aromatic rings. The lowest BCUT2D eigenvalue weighted by atomic mass is 10.2. The normalized spacial score (nSPS) is 10.8. The summed E-state index contributed by atoms with van der Waals surface area (Å²) in [5.41, 5.74) is 1.56. The lowest BCUT2D eigenvalue weighted by Crippen LogP contribution is -2.23. The smallest absolute Gasteiger partial charge is 0.336 e. The number of nitrogens with zero attached hydrogens (tertiary/aromatic N) is 1. The molecule has 2 aromatic heterocycles. The summed E-state index contributed by atoms with van der Waals surface area (Å²) in [5.74, 6) is 0. The van der Waals surface area contributed by atoms with Crippen LogP contribution >= 0.6 is 0 Å². The van der Waals surface area contributed by atoms with E-state index in [4.69, 9.17) is 4.42 Å². The van der Waals surface area contributed by atoms with E-state index in [1.807, 2.05) is 37.3 Å². The average Bonchev–Trinajstić information content (AvgIpc) is 2.44. The quantitative estimate of drug-likeness (QED) is 0.716. The predicted molar refractivity (Wildman–Crippen MR) is 77.0 cm³/mol. The predicted octanol–water partition coefficient (Wildman–Crippen LogP) is 2.31. The minimum Gasteiger partial charge on any atom is -0.422 e. The molecule has 0 bridgehead atoms. The molecule has 1 aromatic carbocycles. The molecule has 100 valence electrons. The second-order valence-electron chi connectivity index (χ2n) is 4.69. The first kappa shape index (κ1) is 12.4. The van der Waals surface area contributed by atoms with Gasteiger partial charge in [0.15, 0.2) is 0 Å². The summed E-state index contributed by atoms with van der Waals surface area (Å²) in [5, 5.41) is 0.422. The number of fused-ring (bicyclic) bond motifs is 1. The molecule has 0 aliphatic heterocycles.